The normalized spacial score (nSPS) is 21.5. The van der Waals surface area contributed by atoms with E-state index >= 15 is 0 Å². The molecule has 1 aliphatic rings. The molecule has 2 atom stereocenters. The average Bonchev–Trinajstić information content (AvgIpc) is 2.92. The second kappa shape index (κ2) is 6.41. The third-order valence-corrected chi connectivity index (χ3v) is 3.48. The first-order valence-electron chi connectivity index (χ1n) is 6.59. The number of rotatable bonds is 4. The molecule has 1 aromatic rings. The zero-order chi connectivity index (χ0) is 14.6. The molecule has 2 rings (SSSR count). The van der Waals surface area contributed by atoms with Gasteiger partial charge in [0.1, 0.15) is 6.10 Å². The van der Waals surface area contributed by atoms with Crippen molar-refractivity contribution in [2.75, 3.05) is 20.2 Å². The van der Waals surface area contributed by atoms with Crippen molar-refractivity contribution in [3.8, 4) is 0 Å². The van der Waals surface area contributed by atoms with Crippen LogP contribution in [0.4, 0.5) is 13.2 Å². The maximum Gasteiger partial charge on any atom is 0.416 e. The van der Waals surface area contributed by atoms with Gasteiger partial charge >= 0.3 is 6.18 Å². The number of hydrogen-bond acceptors (Lipinski definition) is 2. The fraction of sp³-hybridized carbons (Fsp3) is 0.467. The maximum atomic E-state index is 12.5. The molecule has 110 valence electrons. The van der Waals surface area contributed by atoms with E-state index in [-0.39, 0.29) is 6.10 Å². The van der Waals surface area contributed by atoms with Gasteiger partial charge in [-0.2, -0.15) is 13.2 Å². The van der Waals surface area contributed by atoms with E-state index in [9.17, 15) is 13.2 Å². The van der Waals surface area contributed by atoms with Crippen LogP contribution in [-0.2, 0) is 10.9 Å². The molecular formula is C15H18F3NO. The lowest BCUT2D eigenvalue weighted by atomic mass is 10.0. The smallest absolute Gasteiger partial charge is 0.373 e. The van der Waals surface area contributed by atoms with E-state index in [4.69, 9.17) is 4.74 Å². The van der Waals surface area contributed by atoms with E-state index in [2.05, 4.69) is 11.4 Å². The van der Waals surface area contributed by atoms with Crippen LogP contribution in [0.1, 0.15) is 23.7 Å². The van der Waals surface area contributed by atoms with Gasteiger partial charge in [-0.15, -0.1) is 0 Å². The van der Waals surface area contributed by atoms with Crippen LogP contribution in [0.15, 0.2) is 36.4 Å². The Kier molecular flexibility index (Phi) is 4.83. The van der Waals surface area contributed by atoms with Crippen LogP contribution in [0.2, 0.25) is 0 Å². The molecule has 0 spiro atoms. The fourth-order valence-electron chi connectivity index (χ4n) is 2.29. The first-order chi connectivity index (χ1) is 9.50. The fourth-order valence-corrected chi connectivity index (χ4v) is 2.29. The molecule has 0 amide bonds. The zero-order valence-electron chi connectivity index (χ0n) is 11.3. The van der Waals surface area contributed by atoms with Crippen molar-refractivity contribution in [2.45, 2.75) is 18.7 Å². The van der Waals surface area contributed by atoms with E-state index in [1.54, 1.807) is 7.11 Å². The second-order valence-corrected chi connectivity index (χ2v) is 4.91. The molecule has 20 heavy (non-hydrogen) atoms. The van der Waals surface area contributed by atoms with Crippen LogP contribution >= 0.6 is 0 Å². The van der Waals surface area contributed by atoms with Crippen LogP contribution in [0.3, 0.4) is 0 Å². The maximum absolute atomic E-state index is 12.5. The number of alkyl halides is 3. The number of hydrogen-bond donors (Lipinski definition) is 1. The second-order valence-electron chi connectivity index (χ2n) is 4.91. The van der Waals surface area contributed by atoms with Gasteiger partial charge < -0.3 is 10.1 Å². The molecular weight excluding hydrogens is 267 g/mol. The highest BCUT2D eigenvalue weighted by molar-refractivity contribution is 5.28. The molecule has 2 nitrogen and oxygen atoms in total. The predicted octanol–water partition coefficient (Wildman–Crippen LogP) is 3.56. The molecule has 0 radical (unpaired) electrons. The van der Waals surface area contributed by atoms with Crippen molar-refractivity contribution < 1.29 is 17.9 Å². The Morgan fingerprint density at radius 3 is 2.50 bits per heavy atom. The molecule has 1 fully saturated rings. The Labute approximate surface area is 116 Å². The predicted molar refractivity (Wildman–Crippen MR) is 71.3 cm³/mol. The van der Waals surface area contributed by atoms with Gasteiger partial charge in [0.25, 0.3) is 0 Å². The van der Waals surface area contributed by atoms with Gasteiger partial charge in [0.05, 0.1) is 5.56 Å². The number of nitrogens with one attached hydrogen (secondary N) is 1. The lowest BCUT2D eigenvalue weighted by Gasteiger charge is -2.14. The van der Waals surface area contributed by atoms with Crippen molar-refractivity contribution in [1.29, 1.82) is 0 Å². The number of methoxy groups -OCH3 is 1. The molecule has 0 bridgehead atoms. The van der Waals surface area contributed by atoms with E-state index in [0.717, 1.165) is 37.2 Å². The molecule has 1 aliphatic heterocycles. The summed E-state index contributed by atoms with van der Waals surface area (Å²) in [6, 6.07) is 5.11. The number of benzene rings is 1. The van der Waals surface area contributed by atoms with Crippen molar-refractivity contribution >= 4 is 0 Å². The minimum Gasteiger partial charge on any atom is -0.373 e. The monoisotopic (exact) mass is 285 g/mol. The molecule has 5 heteroatoms. The third-order valence-electron chi connectivity index (χ3n) is 3.48. The number of ether oxygens (including phenoxy) is 1. The molecule has 0 saturated carbocycles. The Morgan fingerprint density at radius 2 is 2.00 bits per heavy atom. The molecule has 1 aromatic carbocycles. The highest BCUT2D eigenvalue weighted by Gasteiger charge is 2.30. The lowest BCUT2D eigenvalue weighted by Crippen LogP contribution is -2.08. The first kappa shape index (κ1) is 15.1. The van der Waals surface area contributed by atoms with Gasteiger partial charge in [-0.25, -0.2) is 0 Å². The summed E-state index contributed by atoms with van der Waals surface area (Å²) in [5, 5.41) is 3.26. The van der Waals surface area contributed by atoms with Gasteiger partial charge in [-0.05, 0) is 36.6 Å². The van der Waals surface area contributed by atoms with E-state index < -0.39 is 11.7 Å². The van der Waals surface area contributed by atoms with Crippen molar-refractivity contribution in [2.24, 2.45) is 5.92 Å². The van der Waals surface area contributed by atoms with Gasteiger partial charge in [0.2, 0.25) is 0 Å². The summed E-state index contributed by atoms with van der Waals surface area (Å²) in [7, 11) is 1.56. The highest BCUT2D eigenvalue weighted by Crippen LogP contribution is 2.30. The van der Waals surface area contributed by atoms with E-state index in [1.807, 2.05) is 6.08 Å². The summed E-state index contributed by atoms with van der Waals surface area (Å²) < 4.78 is 42.8. The van der Waals surface area contributed by atoms with Crippen LogP contribution in [0.25, 0.3) is 0 Å². The van der Waals surface area contributed by atoms with Crippen molar-refractivity contribution in [1.82, 2.24) is 5.32 Å². The van der Waals surface area contributed by atoms with Crippen LogP contribution in [0, 0.1) is 5.92 Å². The van der Waals surface area contributed by atoms with Gasteiger partial charge in [-0.1, -0.05) is 24.3 Å². The Balaban J connectivity index is 2.07. The molecule has 0 aliphatic carbocycles. The molecule has 1 N–H and O–H groups in total. The Bertz CT molecular complexity index is 447. The highest BCUT2D eigenvalue weighted by atomic mass is 19.4. The quantitative estimate of drug-likeness (QED) is 0.854. The topological polar surface area (TPSA) is 21.3 Å². The standard InChI is InChI=1S/C15H18F3NO/c1-20-14(7-2-11-8-9-19-10-11)12-3-5-13(6-4-12)15(16,17)18/h2-7,11,14,19H,8-10H2,1H3/b7-2+. The summed E-state index contributed by atoms with van der Waals surface area (Å²) in [6.07, 6.45) is 0.469. The molecule has 2 unspecified atom stereocenters. The average molecular weight is 285 g/mol. The lowest BCUT2D eigenvalue weighted by molar-refractivity contribution is -0.137. The third kappa shape index (κ3) is 3.84. The van der Waals surface area contributed by atoms with E-state index in [0.29, 0.717) is 5.92 Å². The first-order valence-corrected chi connectivity index (χ1v) is 6.59. The van der Waals surface area contributed by atoms with Gasteiger partial charge in [0, 0.05) is 13.7 Å². The van der Waals surface area contributed by atoms with Crippen molar-refractivity contribution in [3.63, 3.8) is 0 Å². The van der Waals surface area contributed by atoms with Crippen LogP contribution in [-0.4, -0.2) is 20.2 Å². The zero-order valence-corrected chi connectivity index (χ0v) is 11.3. The molecule has 1 saturated heterocycles. The molecule has 0 aromatic heterocycles. The van der Waals surface area contributed by atoms with Crippen molar-refractivity contribution in [3.05, 3.63) is 47.5 Å². The Morgan fingerprint density at radius 1 is 1.30 bits per heavy atom. The van der Waals surface area contributed by atoms with Gasteiger partial charge in [0.15, 0.2) is 0 Å². The van der Waals surface area contributed by atoms with Gasteiger partial charge in [-0.3, -0.25) is 0 Å². The van der Waals surface area contributed by atoms with E-state index in [1.165, 1.54) is 12.1 Å². The summed E-state index contributed by atoms with van der Waals surface area (Å²) in [5.41, 5.74) is 0.0859. The largest absolute Gasteiger partial charge is 0.416 e. The summed E-state index contributed by atoms with van der Waals surface area (Å²) in [6.45, 7) is 1.95. The summed E-state index contributed by atoms with van der Waals surface area (Å²) in [5.74, 6) is 0.474. The Hall–Kier alpha value is -1.33. The summed E-state index contributed by atoms with van der Waals surface area (Å²) >= 11 is 0. The minimum absolute atomic E-state index is 0.308. The SMILES string of the molecule is COC(/C=C/C1CCNC1)c1ccc(C(F)(F)F)cc1. The van der Waals surface area contributed by atoms with Crippen LogP contribution in [0.5, 0.6) is 0 Å². The summed E-state index contributed by atoms with van der Waals surface area (Å²) in [4.78, 5) is 0. The van der Waals surface area contributed by atoms with Crippen LogP contribution < -0.4 is 5.32 Å². The minimum atomic E-state index is -4.30. The molecule has 1 heterocycles. The number of halogens is 3.